The molecule has 0 amide bonds. The third-order valence-corrected chi connectivity index (χ3v) is 5.95. The van der Waals surface area contributed by atoms with Gasteiger partial charge in [0.1, 0.15) is 5.75 Å². The molecular weight excluding hydrogens is 412 g/mol. The van der Waals surface area contributed by atoms with E-state index in [4.69, 9.17) is 18.9 Å². The Morgan fingerprint density at radius 2 is 1.27 bits per heavy atom. The minimum Gasteiger partial charge on any atom is -0.497 e. The molecule has 33 heavy (non-hydrogen) atoms. The van der Waals surface area contributed by atoms with Crippen molar-refractivity contribution in [3.05, 3.63) is 113 Å². The summed E-state index contributed by atoms with van der Waals surface area (Å²) in [6.07, 6.45) is 3.24. The van der Waals surface area contributed by atoms with Crippen LogP contribution < -0.4 is 4.74 Å². The van der Waals surface area contributed by atoms with Crippen LogP contribution in [0.4, 0.5) is 0 Å². The Morgan fingerprint density at radius 3 is 1.94 bits per heavy atom. The Balaban J connectivity index is 1.32. The van der Waals surface area contributed by atoms with Crippen molar-refractivity contribution >= 4 is 0 Å². The average Bonchev–Trinajstić information content (AvgIpc) is 3.26. The summed E-state index contributed by atoms with van der Waals surface area (Å²) in [5, 5.41) is 0. The molecule has 172 valence electrons. The fraction of sp³-hybridized carbons (Fsp3) is 0.310. The summed E-state index contributed by atoms with van der Waals surface area (Å²) in [6, 6.07) is 28.6. The molecular formula is C29H32O4. The minimum absolute atomic E-state index is 0.0977. The van der Waals surface area contributed by atoms with E-state index in [9.17, 15) is 0 Å². The molecule has 0 N–H and O–H groups in total. The summed E-state index contributed by atoms with van der Waals surface area (Å²) in [7, 11) is 1.67. The number of ether oxygens (including phenoxy) is 4. The maximum absolute atomic E-state index is 6.32. The van der Waals surface area contributed by atoms with Gasteiger partial charge >= 0.3 is 0 Å². The van der Waals surface area contributed by atoms with Gasteiger partial charge < -0.3 is 18.9 Å². The number of methoxy groups -OCH3 is 1. The van der Waals surface area contributed by atoms with Gasteiger partial charge in [-0.1, -0.05) is 78.9 Å². The molecule has 0 fully saturated rings. The second kappa shape index (κ2) is 12.4. The smallest absolute Gasteiger partial charge is 0.118 e. The molecule has 1 aliphatic carbocycles. The van der Waals surface area contributed by atoms with Crippen LogP contribution in [0.15, 0.2) is 96.6 Å². The molecule has 0 radical (unpaired) electrons. The first-order valence-electron chi connectivity index (χ1n) is 11.5. The van der Waals surface area contributed by atoms with E-state index in [1.807, 2.05) is 60.7 Å². The normalized spacial score (nSPS) is 17.7. The molecule has 3 aromatic rings. The SMILES string of the molecule is COc1ccc(COCC2=CCC(OCc3ccccc3)[C@H]2COCc2ccccc2)cc1. The van der Waals surface area contributed by atoms with Crippen LogP contribution in [-0.2, 0) is 34.0 Å². The molecule has 0 saturated carbocycles. The maximum Gasteiger partial charge on any atom is 0.118 e. The molecule has 3 aromatic carbocycles. The first kappa shape index (κ1) is 23.2. The van der Waals surface area contributed by atoms with Crippen molar-refractivity contribution < 1.29 is 18.9 Å². The molecule has 0 bridgehead atoms. The van der Waals surface area contributed by atoms with Crippen molar-refractivity contribution in [2.45, 2.75) is 32.3 Å². The topological polar surface area (TPSA) is 36.9 Å². The van der Waals surface area contributed by atoms with Gasteiger partial charge in [-0.3, -0.25) is 0 Å². The summed E-state index contributed by atoms with van der Waals surface area (Å²) in [5.74, 6) is 1.04. The van der Waals surface area contributed by atoms with Crippen LogP contribution in [0.1, 0.15) is 23.1 Å². The summed E-state index contributed by atoms with van der Waals surface area (Å²) in [5.41, 5.74) is 4.75. The molecule has 1 unspecified atom stereocenters. The predicted molar refractivity (Wildman–Crippen MR) is 130 cm³/mol. The van der Waals surface area contributed by atoms with Gasteiger partial charge in [-0.05, 0) is 40.8 Å². The van der Waals surface area contributed by atoms with Crippen LogP contribution in [0.5, 0.6) is 5.75 Å². The zero-order chi connectivity index (χ0) is 22.7. The van der Waals surface area contributed by atoms with Crippen LogP contribution in [0, 0.1) is 5.92 Å². The second-order valence-electron chi connectivity index (χ2n) is 8.30. The van der Waals surface area contributed by atoms with Crippen LogP contribution in [-0.4, -0.2) is 26.4 Å². The third-order valence-electron chi connectivity index (χ3n) is 5.95. The Bertz CT molecular complexity index is 983. The van der Waals surface area contributed by atoms with Gasteiger partial charge in [0.2, 0.25) is 0 Å². The van der Waals surface area contributed by atoms with E-state index in [0.717, 1.165) is 17.7 Å². The lowest BCUT2D eigenvalue weighted by Gasteiger charge is -2.24. The fourth-order valence-electron chi connectivity index (χ4n) is 4.05. The average molecular weight is 445 g/mol. The van der Waals surface area contributed by atoms with Gasteiger partial charge in [0.15, 0.2) is 0 Å². The van der Waals surface area contributed by atoms with Gasteiger partial charge in [0.25, 0.3) is 0 Å². The maximum atomic E-state index is 6.32. The van der Waals surface area contributed by atoms with E-state index in [2.05, 4.69) is 30.3 Å². The van der Waals surface area contributed by atoms with E-state index in [0.29, 0.717) is 33.0 Å². The quantitative estimate of drug-likeness (QED) is 0.323. The first-order chi connectivity index (χ1) is 16.3. The number of benzene rings is 3. The van der Waals surface area contributed by atoms with Gasteiger partial charge in [-0.15, -0.1) is 0 Å². The van der Waals surface area contributed by atoms with Gasteiger partial charge in [0, 0.05) is 5.92 Å². The molecule has 0 heterocycles. The van der Waals surface area contributed by atoms with Crippen LogP contribution in [0.3, 0.4) is 0 Å². The van der Waals surface area contributed by atoms with E-state index < -0.39 is 0 Å². The first-order valence-corrected chi connectivity index (χ1v) is 11.5. The Morgan fingerprint density at radius 1 is 0.667 bits per heavy atom. The number of hydrogen-bond donors (Lipinski definition) is 0. The third kappa shape index (κ3) is 7.03. The van der Waals surface area contributed by atoms with Gasteiger partial charge in [-0.25, -0.2) is 0 Å². The van der Waals surface area contributed by atoms with Crippen LogP contribution >= 0.6 is 0 Å². The number of hydrogen-bond acceptors (Lipinski definition) is 4. The highest BCUT2D eigenvalue weighted by atomic mass is 16.5. The zero-order valence-electron chi connectivity index (χ0n) is 19.2. The predicted octanol–water partition coefficient (Wildman–Crippen LogP) is 5.96. The summed E-state index contributed by atoms with van der Waals surface area (Å²) >= 11 is 0. The lowest BCUT2D eigenvalue weighted by molar-refractivity contribution is -0.0174. The lowest BCUT2D eigenvalue weighted by Crippen LogP contribution is -2.26. The van der Waals surface area contributed by atoms with E-state index in [1.54, 1.807) is 7.11 Å². The Labute approximate surface area is 196 Å². The fourth-order valence-corrected chi connectivity index (χ4v) is 4.05. The van der Waals surface area contributed by atoms with Gasteiger partial charge in [-0.2, -0.15) is 0 Å². The number of rotatable bonds is 12. The largest absolute Gasteiger partial charge is 0.497 e. The molecule has 0 spiro atoms. The van der Waals surface area contributed by atoms with Crippen molar-refractivity contribution in [2.75, 3.05) is 20.3 Å². The van der Waals surface area contributed by atoms with E-state index in [1.165, 1.54) is 16.7 Å². The van der Waals surface area contributed by atoms with Crippen molar-refractivity contribution in [1.29, 1.82) is 0 Å². The van der Waals surface area contributed by atoms with E-state index >= 15 is 0 Å². The summed E-state index contributed by atoms with van der Waals surface area (Å²) < 4.78 is 23.7. The minimum atomic E-state index is 0.0977. The molecule has 0 aliphatic heterocycles. The zero-order valence-corrected chi connectivity index (χ0v) is 19.2. The van der Waals surface area contributed by atoms with Crippen LogP contribution in [0.25, 0.3) is 0 Å². The molecule has 4 nitrogen and oxygen atoms in total. The van der Waals surface area contributed by atoms with Gasteiger partial charge in [0.05, 0.1) is 46.2 Å². The molecule has 4 heteroatoms. The lowest BCUT2D eigenvalue weighted by atomic mass is 10.0. The molecule has 1 aliphatic rings. The second-order valence-corrected chi connectivity index (χ2v) is 8.30. The molecule has 2 atom stereocenters. The molecule has 0 saturated heterocycles. The summed E-state index contributed by atoms with van der Waals surface area (Å²) in [4.78, 5) is 0. The Hall–Kier alpha value is -2.92. The molecule has 0 aromatic heterocycles. The highest BCUT2D eigenvalue weighted by molar-refractivity contribution is 5.27. The van der Waals surface area contributed by atoms with Crippen molar-refractivity contribution in [3.63, 3.8) is 0 Å². The standard InChI is InChI=1S/C29H32O4/c1-30-27-15-12-25(13-16-27)19-31-21-26-14-17-29(33-20-24-10-6-3-7-11-24)28(26)22-32-18-23-8-4-2-5-9-23/h2-16,28-29H,17-22H2,1H3/t28-,29?/m0/s1. The summed E-state index contributed by atoms with van der Waals surface area (Å²) in [6.45, 7) is 2.97. The van der Waals surface area contributed by atoms with Crippen molar-refractivity contribution in [2.24, 2.45) is 5.92 Å². The van der Waals surface area contributed by atoms with Crippen molar-refractivity contribution in [1.82, 2.24) is 0 Å². The molecule has 4 rings (SSSR count). The highest BCUT2D eigenvalue weighted by Crippen LogP contribution is 2.31. The highest BCUT2D eigenvalue weighted by Gasteiger charge is 2.31. The van der Waals surface area contributed by atoms with E-state index in [-0.39, 0.29) is 12.0 Å². The van der Waals surface area contributed by atoms with Crippen molar-refractivity contribution in [3.8, 4) is 5.75 Å². The van der Waals surface area contributed by atoms with Crippen LogP contribution in [0.2, 0.25) is 0 Å². The monoisotopic (exact) mass is 444 g/mol. The Kier molecular flexibility index (Phi) is 8.70.